The van der Waals surface area contributed by atoms with Crippen LogP contribution in [0.15, 0.2) is 52.5 Å². The molecule has 8 heteroatoms. The van der Waals surface area contributed by atoms with Crippen LogP contribution in [-0.4, -0.2) is 44.0 Å². The summed E-state index contributed by atoms with van der Waals surface area (Å²) < 4.78 is 10.3. The van der Waals surface area contributed by atoms with E-state index in [1.807, 2.05) is 24.3 Å². The highest BCUT2D eigenvalue weighted by atomic mass is 32.2. The molecular formula is C20H21N3O4S. The van der Waals surface area contributed by atoms with Gasteiger partial charge < -0.3 is 14.8 Å². The van der Waals surface area contributed by atoms with Gasteiger partial charge in [0, 0.05) is 28.2 Å². The third kappa shape index (κ3) is 4.64. The molecule has 0 aliphatic carbocycles. The molecule has 28 heavy (non-hydrogen) atoms. The molecule has 2 amide bonds. The predicted octanol–water partition coefficient (Wildman–Crippen LogP) is 2.45. The quantitative estimate of drug-likeness (QED) is 0.729. The van der Waals surface area contributed by atoms with Crippen molar-refractivity contribution in [2.45, 2.75) is 11.3 Å². The molecule has 0 saturated heterocycles. The number of hydrogen-bond acceptors (Lipinski definition) is 6. The van der Waals surface area contributed by atoms with Gasteiger partial charge in [0.2, 0.25) is 0 Å². The number of ether oxygens (including phenoxy) is 2. The van der Waals surface area contributed by atoms with Crippen molar-refractivity contribution in [2.24, 2.45) is 5.10 Å². The highest BCUT2D eigenvalue weighted by Gasteiger charge is 2.16. The molecule has 0 saturated carbocycles. The van der Waals surface area contributed by atoms with Gasteiger partial charge in [-0.3, -0.25) is 9.59 Å². The van der Waals surface area contributed by atoms with Crippen LogP contribution in [-0.2, 0) is 4.79 Å². The van der Waals surface area contributed by atoms with Gasteiger partial charge in [0.1, 0.15) is 0 Å². The number of amides is 2. The summed E-state index contributed by atoms with van der Waals surface area (Å²) in [5.41, 5.74) is 4.77. The van der Waals surface area contributed by atoms with Gasteiger partial charge in [-0.1, -0.05) is 18.2 Å². The fourth-order valence-corrected chi connectivity index (χ4v) is 3.78. The van der Waals surface area contributed by atoms with Gasteiger partial charge in [0.15, 0.2) is 11.5 Å². The second-order valence-electron chi connectivity index (χ2n) is 5.94. The molecular weight excluding hydrogens is 378 g/mol. The van der Waals surface area contributed by atoms with Crippen molar-refractivity contribution in [1.82, 2.24) is 10.7 Å². The summed E-state index contributed by atoms with van der Waals surface area (Å²) in [5.74, 6) is 1.11. The number of carbonyl (C=O) groups excluding carboxylic acids is 2. The molecule has 0 fully saturated rings. The van der Waals surface area contributed by atoms with Crippen LogP contribution in [0, 0.1) is 0 Å². The van der Waals surface area contributed by atoms with E-state index >= 15 is 0 Å². The van der Waals surface area contributed by atoms with Crippen LogP contribution >= 0.6 is 11.8 Å². The largest absolute Gasteiger partial charge is 0.493 e. The Balaban J connectivity index is 1.57. The first-order valence-electron chi connectivity index (χ1n) is 8.70. The summed E-state index contributed by atoms with van der Waals surface area (Å²) in [6.45, 7) is -0.180. The van der Waals surface area contributed by atoms with E-state index in [1.165, 1.54) is 14.2 Å². The molecule has 0 radical (unpaired) electrons. The average molecular weight is 399 g/mol. The van der Waals surface area contributed by atoms with E-state index in [0.29, 0.717) is 17.1 Å². The van der Waals surface area contributed by atoms with Crippen molar-refractivity contribution in [3.8, 4) is 11.5 Å². The number of nitrogens with one attached hydrogen (secondary N) is 2. The Hall–Kier alpha value is -3.00. The number of hydrogen-bond donors (Lipinski definition) is 2. The van der Waals surface area contributed by atoms with Gasteiger partial charge in [0.25, 0.3) is 11.8 Å². The monoisotopic (exact) mass is 399 g/mol. The molecule has 0 bridgehead atoms. The van der Waals surface area contributed by atoms with E-state index in [2.05, 4.69) is 15.8 Å². The molecule has 2 aromatic carbocycles. The SMILES string of the molecule is COc1ccc(C(=O)NCC(=O)NN=C2CCSc3ccccc32)cc1OC. The first-order valence-corrected chi connectivity index (χ1v) is 9.68. The van der Waals surface area contributed by atoms with Crippen molar-refractivity contribution < 1.29 is 19.1 Å². The second kappa shape index (κ2) is 9.27. The maximum absolute atomic E-state index is 12.3. The van der Waals surface area contributed by atoms with Crippen molar-refractivity contribution >= 4 is 29.3 Å². The molecule has 0 aromatic heterocycles. The standard InChI is InChI=1S/C20H21N3O4S/c1-26-16-8-7-13(11-17(16)27-2)20(25)21-12-19(24)23-22-15-9-10-28-18-6-4-3-5-14(15)18/h3-8,11H,9-10,12H2,1-2H3,(H,21,25)(H,23,24). The fraction of sp³-hybridized carbons (Fsp3) is 0.250. The predicted molar refractivity (Wildman–Crippen MR) is 108 cm³/mol. The zero-order chi connectivity index (χ0) is 19.9. The summed E-state index contributed by atoms with van der Waals surface area (Å²) in [6, 6.07) is 12.8. The number of carbonyl (C=O) groups is 2. The maximum atomic E-state index is 12.3. The number of fused-ring (bicyclic) bond motifs is 1. The molecule has 2 N–H and O–H groups in total. The maximum Gasteiger partial charge on any atom is 0.259 e. The van der Waals surface area contributed by atoms with Gasteiger partial charge in [-0.15, -0.1) is 11.8 Å². The van der Waals surface area contributed by atoms with Crippen LogP contribution < -0.4 is 20.2 Å². The minimum atomic E-state index is -0.392. The number of methoxy groups -OCH3 is 2. The Bertz CT molecular complexity index is 914. The number of nitrogens with zero attached hydrogens (tertiary/aromatic N) is 1. The Morgan fingerprint density at radius 3 is 2.68 bits per heavy atom. The normalized spacial score (nSPS) is 14.1. The van der Waals surface area contributed by atoms with Crippen LogP contribution in [0.4, 0.5) is 0 Å². The lowest BCUT2D eigenvalue weighted by Gasteiger charge is -2.16. The highest BCUT2D eigenvalue weighted by Crippen LogP contribution is 2.30. The lowest BCUT2D eigenvalue weighted by Crippen LogP contribution is -2.35. The summed E-state index contributed by atoms with van der Waals surface area (Å²) in [5, 5.41) is 6.81. The third-order valence-corrected chi connectivity index (χ3v) is 5.24. The zero-order valence-electron chi connectivity index (χ0n) is 15.7. The van der Waals surface area contributed by atoms with E-state index < -0.39 is 5.91 Å². The van der Waals surface area contributed by atoms with Crippen LogP contribution in [0.25, 0.3) is 0 Å². The first kappa shape index (κ1) is 19.8. The molecule has 2 aromatic rings. The smallest absolute Gasteiger partial charge is 0.259 e. The summed E-state index contributed by atoms with van der Waals surface area (Å²) >= 11 is 1.77. The molecule has 1 aliphatic rings. The number of hydrazone groups is 1. The number of thioether (sulfide) groups is 1. The minimum Gasteiger partial charge on any atom is -0.493 e. The van der Waals surface area contributed by atoms with E-state index in [0.717, 1.165) is 28.3 Å². The summed E-state index contributed by atoms with van der Waals surface area (Å²) in [6.07, 6.45) is 0.778. The zero-order valence-corrected chi connectivity index (χ0v) is 16.5. The lowest BCUT2D eigenvalue weighted by molar-refractivity contribution is -0.120. The van der Waals surface area contributed by atoms with Gasteiger partial charge in [0.05, 0.1) is 26.5 Å². The van der Waals surface area contributed by atoms with Crippen molar-refractivity contribution in [1.29, 1.82) is 0 Å². The number of rotatable bonds is 6. The van der Waals surface area contributed by atoms with E-state index in [4.69, 9.17) is 9.47 Å². The van der Waals surface area contributed by atoms with E-state index in [9.17, 15) is 9.59 Å². The fourth-order valence-electron chi connectivity index (χ4n) is 2.75. The Morgan fingerprint density at radius 1 is 1.11 bits per heavy atom. The van der Waals surface area contributed by atoms with Crippen LogP contribution in [0.1, 0.15) is 22.3 Å². The van der Waals surface area contributed by atoms with Gasteiger partial charge in [-0.2, -0.15) is 5.10 Å². The highest BCUT2D eigenvalue weighted by molar-refractivity contribution is 7.99. The van der Waals surface area contributed by atoms with Gasteiger partial charge in [-0.25, -0.2) is 5.43 Å². The Labute approximate surface area is 167 Å². The van der Waals surface area contributed by atoms with Crippen molar-refractivity contribution in [2.75, 3.05) is 26.5 Å². The molecule has 1 aliphatic heterocycles. The Kier molecular flexibility index (Phi) is 6.54. The summed E-state index contributed by atoms with van der Waals surface area (Å²) in [4.78, 5) is 25.5. The van der Waals surface area contributed by atoms with Gasteiger partial charge in [-0.05, 0) is 24.3 Å². The topological polar surface area (TPSA) is 89.0 Å². The summed E-state index contributed by atoms with van der Waals surface area (Å²) in [7, 11) is 3.01. The minimum absolute atomic E-state index is 0.180. The average Bonchev–Trinajstić information content (AvgIpc) is 2.75. The van der Waals surface area contributed by atoms with Crippen LogP contribution in [0.3, 0.4) is 0 Å². The van der Waals surface area contributed by atoms with Gasteiger partial charge >= 0.3 is 0 Å². The number of benzene rings is 2. The van der Waals surface area contributed by atoms with Crippen LogP contribution in [0.2, 0.25) is 0 Å². The van der Waals surface area contributed by atoms with E-state index in [1.54, 1.807) is 30.0 Å². The van der Waals surface area contributed by atoms with Crippen molar-refractivity contribution in [3.63, 3.8) is 0 Å². The molecule has 7 nitrogen and oxygen atoms in total. The first-order chi connectivity index (χ1) is 13.6. The van der Waals surface area contributed by atoms with Crippen molar-refractivity contribution in [3.05, 3.63) is 53.6 Å². The van der Waals surface area contributed by atoms with E-state index in [-0.39, 0.29) is 12.5 Å². The van der Waals surface area contributed by atoms with Crippen LogP contribution in [0.5, 0.6) is 11.5 Å². The molecule has 0 spiro atoms. The Morgan fingerprint density at radius 2 is 1.89 bits per heavy atom. The third-order valence-electron chi connectivity index (χ3n) is 4.17. The molecule has 146 valence electrons. The lowest BCUT2D eigenvalue weighted by atomic mass is 10.1. The second-order valence-corrected chi connectivity index (χ2v) is 7.08. The molecule has 0 atom stereocenters. The molecule has 1 heterocycles. The molecule has 3 rings (SSSR count). The molecule has 0 unspecified atom stereocenters.